The number of carbonyl (C=O) groups is 1. The molecule has 0 radical (unpaired) electrons. The molecule has 2 aliphatic heterocycles. The number of pyridine rings is 1. The van der Waals surface area contributed by atoms with Crippen LogP contribution in [0.15, 0.2) is 65.7 Å². The molecule has 2 N–H and O–H groups in total. The Morgan fingerprint density at radius 2 is 2.00 bits per heavy atom. The molecular weight excluding hydrogens is 495 g/mol. The van der Waals surface area contributed by atoms with E-state index in [1.807, 2.05) is 12.1 Å². The average molecular weight is 525 g/mol. The second-order valence-corrected chi connectivity index (χ2v) is 11.7. The summed E-state index contributed by atoms with van der Waals surface area (Å²) in [4.78, 5) is 21.8. The predicted octanol–water partition coefficient (Wildman–Crippen LogP) is 3.80. The minimum atomic E-state index is -3.40. The number of hydrogen-bond acceptors (Lipinski definition) is 7. The number of sulfone groups is 1. The molecule has 0 aliphatic carbocycles. The number of rotatable bonds is 6. The van der Waals surface area contributed by atoms with Crippen LogP contribution in [0.25, 0.3) is 0 Å². The van der Waals surface area contributed by atoms with Crippen LogP contribution >= 0.6 is 0 Å². The molecule has 10 heteroatoms. The molecule has 37 heavy (non-hydrogen) atoms. The second kappa shape index (κ2) is 9.85. The first kappa shape index (κ1) is 25.3. The monoisotopic (exact) mass is 524 g/mol. The van der Waals surface area contributed by atoms with Crippen LogP contribution in [0, 0.1) is 5.82 Å². The van der Waals surface area contributed by atoms with Crippen molar-refractivity contribution in [2.24, 2.45) is 0 Å². The van der Waals surface area contributed by atoms with Crippen molar-refractivity contribution in [2.45, 2.75) is 49.5 Å². The van der Waals surface area contributed by atoms with E-state index in [2.05, 4.69) is 15.2 Å². The molecule has 1 aromatic heterocycles. The standard InChI is InChI=1S/C27H29FN4O4S/c1-17(33)32-16-19-14-22(37(2,35)36)9-10-23(19)26(32)27(34)30-21-8-11-25(29-15-21)31-12-4-7-24(31)18-5-3-6-20(28)13-18/h3,5-6,8-11,13-15,17,24,26,33H,4,7,12,16H2,1-2H3,(H,30,34)/t17?,24-,26+/m0/s1. The molecule has 0 saturated carbocycles. The summed E-state index contributed by atoms with van der Waals surface area (Å²) in [5.74, 6) is 0.137. The Kier molecular flexibility index (Phi) is 6.74. The minimum absolute atomic E-state index is 0.0371. The van der Waals surface area contributed by atoms with Gasteiger partial charge in [-0.25, -0.2) is 17.8 Å². The van der Waals surface area contributed by atoms with E-state index in [0.717, 1.165) is 37.0 Å². The first-order valence-electron chi connectivity index (χ1n) is 12.2. The van der Waals surface area contributed by atoms with E-state index >= 15 is 0 Å². The van der Waals surface area contributed by atoms with Gasteiger partial charge in [0.25, 0.3) is 0 Å². The smallest absolute Gasteiger partial charge is 0.246 e. The summed E-state index contributed by atoms with van der Waals surface area (Å²) in [5.41, 5.74) is 2.76. The number of halogens is 1. The lowest BCUT2D eigenvalue weighted by Crippen LogP contribution is -2.38. The fourth-order valence-corrected chi connectivity index (χ4v) is 5.94. The van der Waals surface area contributed by atoms with Crippen LogP contribution in [0.4, 0.5) is 15.9 Å². The number of hydrogen-bond donors (Lipinski definition) is 2. The van der Waals surface area contributed by atoms with Crippen molar-refractivity contribution in [2.75, 3.05) is 23.0 Å². The molecule has 0 bridgehead atoms. The van der Waals surface area contributed by atoms with Gasteiger partial charge in [0.15, 0.2) is 9.84 Å². The number of aromatic nitrogens is 1. The molecule has 1 unspecified atom stereocenters. The summed E-state index contributed by atoms with van der Waals surface area (Å²) < 4.78 is 37.7. The summed E-state index contributed by atoms with van der Waals surface area (Å²) in [6.45, 7) is 2.63. The lowest BCUT2D eigenvalue weighted by molar-refractivity contribution is -0.125. The number of benzene rings is 2. The van der Waals surface area contributed by atoms with Gasteiger partial charge in [0.2, 0.25) is 5.91 Å². The topological polar surface area (TPSA) is 103 Å². The third kappa shape index (κ3) is 5.09. The number of fused-ring (bicyclic) bond motifs is 1. The van der Waals surface area contributed by atoms with Gasteiger partial charge in [0, 0.05) is 19.3 Å². The van der Waals surface area contributed by atoms with Gasteiger partial charge in [-0.2, -0.15) is 0 Å². The molecule has 3 heterocycles. The zero-order chi connectivity index (χ0) is 26.3. The number of carbonyl (C=O) groups excluding carboxylic acids is 1. The Hall–Kier alpha value is -3.34. The molecule has 194 valence electrons. The SMILES string of the molecule is CC(O)N1Cc2cc(S(C)(=O)=O)ccc2[C@@H]1C(=O)Nc1ccc(N2CCC[C@H]2c2cccc(F)c2)nc1. The van der Waals surface area contributed by atoms with Crippen molar-refractivity contribution in [1.29, 1.82) is 0 Å². The summed E-state index contributed by atoms with van der Waals surface area (Å²) in [5, 5.41) is 13.2. The normalized spacial score (nSPS) is 20.6. The van der Waals surface area contributed by atoms with Crippen molar-refractivity contribution in [1.82, 2.24) is 9.88 Å². The molecule has 3 atom stereocenters. The van der Waals surface area contributed by atoms with Gasteiger partial charge >= 0.3 is 0 Å². The maximum Gasteiger partial charge on any atom is 0.246 e. The van der Waals surface area contributed by atoms with Crippen molar-refractivity contribution >= 4 is 27.2 Å². The molecule has 2 aromatic carbocycles. The predicted molar refractivity (Wildman–Crippen MR) is 138 cm³/mol. The Morgan fingerprint density at radius 3 is 2.68 bits per heavy atom. The van der Waals surface area contributed by atoms with Crippen LogP contribution in [-0.2, 0) is 21.2 Å². The minimum Gasteiger partial charge on any atom is -0.379 e. The first-order chi connectivity index (χ1) is 17.6. The number of aliphatic hydroxyl groups excluding tert-OH is 1. The fraction of sp³-hybridized carbons (Fsp3) is 0.333. The summed E-state index contributed by atoms with van der Waals surface area (Å²) in [6.07, 6.45) is 3.68. The number of amides is 1. The summed E-state index contributed by atoms with van der Waals surface area (Å²) in [6, 6.07) is 14.2. The van der Waals surface area contributed by atoms with Gasteiger partial charge < -0.3 is 15.3 Å². The number of nitrogens with one attached hydrogen (secondary N) is 1. The molecule has 8 nitrogen and oxygen atoms in total. The number of nitrogens with zero attached hydrogens (tertiary/aromatic N) is 3. The Labute approximate surface area is 215 Å². The van der Waals surface area contributed by atoms with E-state index < -0.39 is 22.1 Å². The molecule has 1 saturated heterocycles. The third-order valence-corrected chi connectivity index (χ3v) is 8.16. The Morgan fingerprint density at radius 1 is 1.19 bits per heavy atom. The van der Waals surface area contributed by atoms with Gasteiger partial charge in [-0.1, -0.05) is 18.2 Å². The van der Waals surface area contributed by atoms with Crippen molar-refractivity contribution in [3.05, 3.63) is 83.3 Å². The van der Waals surface area contributed by atoms with E-state index in [1.54, 1.807) is 48.4 Å². The van der Waals surface area contributed by atoms with Crippen molar-refractivity contribution < 1.29 is 22.7 Å². The highest BCUT2D eigenvalue weighted by Crippen LogP contribution is 2.38. The lowest BCUT2D eigenvalue weighted by atomic mass is 10.0. The maximum absolute atomic E-state index is 13.8. The van der Waals surface area contributed by atoms with Gasteiger partial charge in [0.1, 0.15) is 23.9 Å². The van der Waals surface area contributed by atoms with E-state index in [0.29, 0.717) is 16.8 Å². The molecule has 3 aromatic rings. The van der Waals surface area contributed by atoms with Gasteiger partial charge in [0.05, 0.1) is 22.8 Å². The highest BCUT2D eigenvalue weighted by atomic mass is 32.2. The maximum atomic E-state index is 13.8. The first-order valence-corrected chi connectivity index (χ1v) is 14.1. The molecule has 2 aliphatic rings. The van der Waals surface area contributed by atoms with Crippen molar-refractivity contribution in [3.8, 4) is 0 Å². The van der Waals surface area contributed by atoms with Crippen LogP contribution < -0.4 is 10.2 Å². The van der Waals surface area contributed by atoms with E-state index in [-0.39, 0.29) is 29.2 Å². The average Bonchev–Trinajstić information content (AvgIpc) is 3.49. The zero-order valence-electron chi connectivity index (χ0n) is 20.6. The van der Waals surface area contributed by atoms with Crippen LogP contribution in [-0.4, -0.2) is 48.3 Å². The number of aliphatic hydroxyl groups is 1. The van der Waals surface area contributed by atoms with Gasteiger partial charge in [-0.3, -0.25) is 9.69 Å². The Bertz CT molecular complexity index is 1430. The summed E-state index contributed by atoms with van der Waals surface area (Å²) >= 11 is 0. The number of anilines is 2. The highest BCUT2D eigenvalue weighted by molar-refractivity contribution is 7.90. The highest BCUT2D eigenvalue weighted by Gasteiger charge is 2.38. The van der Waals surface area contributed by atoms with Gasteiger partial charge in [-0.15, -0.1) is 0 Å². The van der Waals surface area contributed by atoms with E-state index in [9.17, 15) is 22.7 Å². The van der Waals surface area contributed by atoms with Crippen LogP contribution in [0.3, 0.4) is 0 Å². The zero-order valence-corrected chi connectivity index (χ0v) is 21.5. The van der Waals surface area contributed by atoms with Gasteiger partial charge in [-0.05, 0) is 72.9 Å². The fourth-order valence-electron chi connectivity index (χ4n) is 5.26. The largest absolute Gasteiger partial charge is 0.379 e. The van der Waals surface area contributed by atoms with E-state index in [4.69, 9.17) is 0 Å². The summed E-state index contributed by atoms with van der Waals surface area (Å²) in [7, 11) is -3.40. The quantitative estimate of drug-likeness (QED) is 0.506. The molecule has 1 amide bonds. The molecule has 0 spiro atoms. The van der Waals surface area contributed by atoms with Crippen molar-refractivity contribution in [3.63, 3.8) is 0 Å². The van der Waals surface area contributed by atoms with Crippen LogP contribution in [0.1, 0.15) is 48.5 Å². The second-order valence-electron chi connectivity index (χ2n) is 9.64. The van der Waals surface area contributed by atoms with E-state index in [1.165, 1.54) is 12.1 Å². The third-order valence-electron chi connectivity index (χ3n) is 7.05. The molecule has 1 fully saturated rings. The van der Waals surface area contributed by atoms with Crippen LogP contribution in [0.5, 0.6) is 0 Å². The van der Waals surface area contributed by atoms with Crippen LogP contribution in [0.2, 0.25) is 0 Å². The lowest BCUT2D eigenvalue weighted by Gasteiger charge is -2.27. The Balaban J connectivity index is 1.34. The molecular formula is C27H29FN4O4S. The molecule has 5 rings (SSSR count).